The predicted molar refractivity (Wildman–Crippen MR) is 73.4 cm³/mol. The summed E-state index contributed by atoms with van der Waals surface area (Å²) in [7, 11) is -3.34. The van der Waals surface area contributed by atoms with E-state index in [0.29, 0.717) is 19.4 Å². The first kappa shape index (κ1) is 16.2. The van der Waals surface area contributed by atoms with E-state index in [1.165, 1.54) is 24.3 Å². The summed E-state index contributed by atoms with van der Waals surface area (Å²) >= 11 is 0. The fourth-order valence-corrected chi connectivity index (χ4v) is 2.24. The van der Waals surface area contributed by atoms with Gasteiger partial charge in [-0.15, -0.1) is 0 Å². The van der Waals surface area contributed by atoms with Gasteiger partial charge in [0.25, 0.3) is 5.91 Å². The topological polar surface area (TPSA) is 101 Å². The maximum absolute atomic E-state index is 11.8. The Kier molecular flexibility index (Phi) is 5.69. The number of benzene rings is 1. The summed E-state index contributed by atoms with van der Waals surface area (Å²) in [5, 5.41) is 11.1. The summed E-state index contributed by atoms with van der Waals surface area (Å²) in [4.78, 5) is 22.2. The van der Waals surface area contributed by atoms with Crippen molar-refractivity contribution in [3.8, 4) is 0 Å². The van der Waals surface area contributed by atoms with Crippen molar-refractivity contribution in [2.45, 2.75) is 24.2 Å². The van der Waals surface area contributed by atoms with E-state index < -0.39 is 15.8 Å². The molecule has 0 saturated heterocycles. The van der Waals surface area contributed by atoms with E-state index in [2.05, 4.69) is 5.32 Å². The summed E-state index contributed by atoms with van der Waals surface area (Å²) in [5.41, 5.74) is 0.270. The van der Waals surface area contributed by atoms with Crippen LogP contribution in [-0.2, 0) is 14.6 Å². The van der Waals surface area contributed by atoms with E-state index in [4.69, 9.17) is 5.11 Å². The van der Waals surface area contributed by atoms with Crippen LogP contribution in [0, 0.1) is 0 Å². The van der Waals surface area contributed by atoms with Gasteiger partial charge in [0.05, 0.1) is 4.90 Å². The summed E-state index contributed by atoms with van der Waals surface area (Å²) in [5.74, 6) is -1.23. The highest BCUT2D eigenvalue weighted by molar-refractivity contribution is 7.90. The van der Waals surface area contributed by atoms with Crippen LogP contribution in [0.4, 0.5) is 0 Å². The van der Waals surface area contributed by atoms with Gasteiger partial charge in [0.15, 0.2) is 9.84 Å². The molecule has 1 amide bonds. The minimum atomic E-state index is -3.34. The number of hydrogen-bond donors (Lipinski definition) is 2. The number of carbonyl (C=O) groups excluding carboxylic acids is 1. The SMILES string of the molecule is CS(=O)(=O)c1cccc(C(=O)NCCCCC(=O)O)c1. The van der Waals surface area contributed by atoms with Gasteiger partial charge in [-0.2, -0.15) is 0 Å². The molecule has 20 heavy (non-hydrogen) atoms. The van der Waals surface area contributed by atoms with Crippen molar-refractivity contribution in [3.63, 3.8) is 0 Å². The van der Waals surface area contributed by atoms with E-state index in [1.54, 1.807) is 0 Å². The molecular formula is C13H17NO5S. The fraction of sp³-hybridized carbons (Fsp3) is 0.385. The molecule has 110 valence electrons. The molecule has 0 atom stereocenters. The molecule has 6 nitrogen and oxygen atoms in total. The monoisotopic (exact) mass is 299 g/mol. The molecule has 1 rings (SSSR count). The van der Waals surface area contributed by atoms with E-state index in [-0.39, 0.29) is 22.8 Å². The number of nitrogens with one attached hydrogen (secondary N) is 1. The molecule has 0 saturated carbocycles. The molecule has 1 aromatic carbocycles. The standard InChI is InChI=1S/C13H17NO5S/c1-20(18,19)11-6-4-5-10(9-11)13(17)14-8-3-2-7-12(15)16/h4-6,9H,2-3,7-8H2,1H3,(H,14,17)(H,15,16). The van der Waals surface area contributed by atoms with Gasteiger partial charge in [0.2, 0.25) is 0 Å². The second kappa shape index (κ2) is 7.04. The van der Waals surface area contributed by atoms with Gasteiger partial charge in [-0.25, -0.2) is 8.42 Å². The lowest BCUT2D eigenvalue weighted by Crippen LogP contribution is -2.24. The Balaban J connectivity index is 2.54. The van der Waals surface area contributed by atoms with E-state index in [0.717, 1.165) is 6.26 Å². The second-order valence-corrected chi connectivity index (χ2v) is 6.42. The van der Waals surface area contributed by atoms with Crippen LogP contribution < -0.4 is 5.32 Å². The van der Waals surface area contributed by atoms with Crippen LogP contribution >= 0.6 is 0 Å². The number of rotatable bonds is 7. The maximum atomic E-state index is 11.8. The molecule has 7 heteroatoms. The highest BCUT2D eigenvalue weighted by atomic mass is 32.2. The first-order valence-electron chi connectivity index (χ1n) is 6.11. The smallest absolute Gasteiger partial charge is 0.303 e. The van der Waals surface area contributed by atoms with Crippen LogP contribution in [0.3, 0.4) is 0 Å². The Morgan fingerprint density at radius 2 is 1.95 bits per heavy atom. The van der Waals surface area contributed by atoms with Gasteiger partial charge in [-0.3, -0.25) is 9.59 Å². The molecule has 0 bridgehead atoms. The lowest BCUT2D eigenvalue weighted by Gasteiger charge is -2.06. The summed E-state index contributed by atoms with van der Waals surface area (Å²) in [6, 6.07) is 5.79. The van der Waals surface area contributed by atoms with Gasteiger partial charge in [0.1, 0.15) is 0 Å². The third-order valence-corrected chi connectivity index (χ3v) is 3.74. The molecule has 0 unspecified atom stereocenters. The zero-order valence-electron chi connectivity index (χ0n) is 11.1. The number of carbonyl (C=O) groups is 2. The molecule has 0 aliphatic carbocycles. The molecule has 0 aliphatic heterocycles. The van der Waals surface area contributed by atoms with Crippen LogP contribution in [-0.4, -0.2) is 38.2 Å². The number of sulfone groups is 1. The fourth-order valence-electron chi connectivity index (χ4n) is 1.57. The van der Waals surface area contributed by atoms with Gasteiger partial charge >= 0.3 is 5.97 Å². The van der Waals surface area contributed by atoms with Gasteiger partial charge in [0, 0.05) is 24.8 Å². The summed E-state index contributed by atoms with van der Waals surface area (Å²) in [6.07, 6.45) is 2.19. The number of carboxylic acid groups (broad SMARTS) is 1. The number of carboxylic acids is 1. The van der Waals surface area contributed by atoms with Crippen LogP contribution in [0.5, 0.6) is 0 Å². The lowest BCUT2D eigenvalue weighted by atomic mass is 10.2. The number of aliphatic carboxylic acids is 1. The first-order chi connectivity index (χ1) is 9.30. The number of hydrogen-bond acceptors (Lipinski definition) is 4. The molecule has 2 N–H and O–H groups in total. The Morgan fingerprint density at radius 3 is 2.55 bits per heavy atom. The summed E-state index contributed by atoms with van der Waals surface area (Å²) < 4.78 is 22.8. The van der Waals surface area contributed by atoms with Crippen molar-refractivity contribution in [3.05, 3.63) is 29.8 Å². The molecule has 0 radical (unpaired) electrons. The Bertz CT molecular complexity index is 595. The van der Waals surface area contributed by atoms with E-state index in [9.17, 15) is 18.0 Å². The minimum absolute atomic E-state index is 0.0689. The van der Waals surface area contributed by atoms with Crippen molar-refractivity contribution in [1.82, 2.24) is 5.32 Å². The highest BCUT2D eigenvalue weighted by Gasteiger charge is 2.11. The van der Waals surface area contributed by atoms with Gasteiger partial charge in [-0.1, -0.05) is 6.07 Å². The van der Waals surface area contributed by atoms with Crippen molar-refractivity contribution in [1.29, 1.82) is 0 Å². The first-order valence-corrected chi connectivity index (χ1v) is 8.00. The molecule has 0 spiro atoms. The lowest BCUT2D eigenvalue weighted by molar-refractivity contribution is -0.137. The van der Waals surface area contributed by atoms with Crippen molar-refractivity contribution >= 4 is 21.7 Å². The van der Waals surface area contributed by atoms with E-state index >= 15 is 0 Å². The van der Waals surface area contributed by atoms with Crippen molar-refractivity contribution < 1.29 is 23.1 Å². The Hall–Kier alpha value is -1.89. The summed E-state index contributed by atoms with van der Waals surface area (Å²) in [6.45, 7) is 0.356. The predicted octanol–water partition coefficient (Wildman–Crippen LogP) is 1.07. The third kappa shape index (κ3) is 5.40. The van der Waals surface area contributed by atoms with Crippen molar-refractivity contribution in [2.75, 3.05) is 12.8 Å². The largest absolute Gasteiger partial charge is 0.481 e. The van der Waals surface area contributed by atoms with Gasteiger partial charge < -0.3 is 10.4 Å². The highest BCUT2D eigenvalue weighted by Crippen LogP contribution is 2.11. The molecule has 1 aromatic rings. The minimum Gasteiger partial charge on any atom is -0.481 e. The normalized spacial score (nSPS) is 11.1. The third-order valence-electron chi connectivity index (χ3n) is 2.63. The average Bonchev–Trinajstić information content (AvgIpc) is 2.37. The van der Waals surface area contributed by atoms with E-state index in [1.807, 2.05) is 0 Å². The second-order valence-electron chi connectivity index (χ2n) is 4.41. The molecule has 0 aliphatic rings. The number of unbranched alkanes of at least 4 members (excludes halogenated alkanes) is 1. The Labute approximate surface area is 117 Å². The van der Waals surface area contributed by atoms with Crippen molar-refractivity contribution in [2.24, 2.45) is 0 Å². The average molecular weight is 299 g/mol. The van der Waals surface area contributed by atoms with Crippen LogP contribution in [0.2, 0.25) is 0 Å². The van der Waals surface area contributed by atoms with Crippen LogP contribution in [0.1, 0.15) is 29.6 Å². The zero-order chi connectivity index (χ0) is 15.2. The molecule has 0 heterocycles. The Morgan fingerprint density at radius 1 is 1.25 bits per heavy atom. The maximum Gasteiger partial charge on any atom is 0.303 e. The molecule has 0 aromatic heterocycles. The van der Waals surface area contributed by atoms with Gasteiger partial charge in [-0.05, 0) is 31.0 Å². The van der Waals surface area contributed by atoms with Crippen LogP contribution in [0.25, 0.3) is 0 Å². The van der Waals surface area contributed by atoms with Crippen LogP contribution in [0.15, 0.2) is 29.2 Å². The zero-order valence-corrected chi connectivity index (χ0v) is 11.9. The number of amides is 1. The quantitative estimate of drug-likeness (QED) is 0.734. The molecular weight excluding hydrogens is 282 g/mol. The molecule has 0 fully saturated rings.